The van der Waals surface area contributed by atoms with E-state index in [0.717, 1.165) is 0 Å². The van der Waals surface area contributed by atoms with Crippen LogP contribution in [-0.4, -0.2) is 0 Å². The number of hydrogen-bond acceptors (Lipinski definition) is 3. The SMILES string of the molecule is C1CC2=C(C1)NNN2. The fourth-order valence-corrected chi connectivity index (χ4v) is 1.20. The lowest BCUT2D eigenvalue weighted by atomic mass is 10.3. The van der Waals surface area contributed by atoms with Gasteiger partial charge in [0.1, 0.15) is 0 Å². The highest BCUT2D eigenvalue weighted by Gasteiger charge is 2.17. The number of hydrogen-bond donors (Lipinski definition) is 3. The Hall–Kier alpha value is -0.700. The Morgan fingerprint density at radius 1 is 1.00 bits per heavy atom. The molecule has 2 rings (SSSR count). The quantitative estimate of drug-likeness (QED) is 0.411. The molecule has 8 heavy (non-hydrogen) atoms. The van der Waals surface area contributed by atoms with Gasteiger partial charge < -0.3 is 10.9 Å². The molecular weight excluding hydrogens is 102 g/mol. The summed E-state index contributed by atoms with van der Waals surface area (Å²) >= 11 is 0. The summed E-state index contributed by atoms with van der Waals surface area (Å²) in [5, 5.41) is 0. The average Bonchev–Trinajstić information content (AvgIpc) is 2.15. The smallest absolute Gasteiger partial charge is 0.0483 e. The van der Waals surface area contributed by atoms with Gasteiger partial charge in [0.15, 0.2) is 0 Å². The van der Waals surface area contributed by atoms with Crippen LogP contribution < -0.4 is 16.4 Å². The van der Waals surface area contributed by atoms with E-state index in [1.807, 2.05) is 0 Å². The minimum atomic E-state index is 1.20. The van der Waals surface area contributed by atoms with Gasteiger partial charge in [-0.1, -0.05) is 0 Å². The van der Waals surface area contributed by atoms with E-state index in [4.69, 9.17) is 0 Å². The van der Waals surface area contributed by atoms with Gasteiger partial charge in [-0.05, 0) is 19.3 Å². The van der Waals surface area contributed by atoms with Gasteiger partial charge in [0.2, 0.25) is 0 Å². The van der Waals surface area contributed by atoms with Crippen molar-refractivity contribution < 1.29 is 0 Å². The van der Waals surface area contributed by atoms with Crippen LogP contribution in [0.1, 0.15) is 19.3 Å². The molecule has 0 radical (unpaired) electrons. The van der Waals surface area contributed by atoms with Gasteiger partial charge in [-0.15, -0.1) is 0 Å². The first-order valence-corrected chi connectivity index (χ1v) is 2.96. The van der Waals surface area contributed by atoms with Crippen LogP contribution in [0.3, 0.4) is 0 Å². The Morgan fingerprint density at radius 2 is 1.62 bits per heavy atom. The molecule has 0 amide bonds. The number of nitrogens with one attached hydrogen (secondary N) is 3. The lowest BCUT2D eigenvalue weighted by Gasteiger charge is -1.99. The maximum absolute atomic E-state index is 3.04. The second-order valence-electron chi connectivity index (χ2n) is 2.19. The summed E-state index contributed by atoms with van der Waals surface area (Å²) in [4.78, 5) is 0. The third kappa shape index (κ3) is 0.419. The number of allylic oxidation sites excluding steroid dienone is 2. The summed E-state index contributed by atoms with van der Waals surface area (Å²) in [6.07, 6.45) is 3.71. The standard InChI is InChI=1S/C5H9N3/c1-2-4-5(3-1)7-8-6-4/h6-8H,1-3H2. The molecule has 0 aromatic carbocycles. The monoisotopic (exact) mass is 111 g/mol. The lowest BCUT2D eigenvalue weighted by molar-refractivity contribution is 0.553. The molecule has 3 nitrogen and oxygen atoms in total. The van der Waals surface area contributed by atoms with Crippen molar-refractivity contribution in [3.05, 3.63) is 11.4 Å². The van der Waals surface area contributed by atoms with Gasteiger partial charge in [0.05, 0.1) is 0 Å². The van der Waals surface area contributed by atoms with Crippen LogP contribution in [0.2, 0.25) is 0 Å². The molecule has 0 spiro atoms. The molecular formula is C5H9N3. The Labute approximate surface area is 48.1 Å². The minimum Gasteiger partial charge on any atom is -0.306 e. The molecule has 1 heterocycles. The average molecular weight is 111 g/mol. The van der Waals surface area contributed by atoms with Crippen LogP contribution in [0.4, 0.5) is 0 Å². The van der Waals surface area contributed by atoms with E-state index in [-0.39, 0.29) is 0 Å². The summed E-state index contributed by atoms with van der Waals surface area (Å²) < 4.78 is 0. The van der Waals surface area contributed by atoms with Gasteiger partial charge in [0.25, 0.3) is 0 Å². The normalized spacial score (nSPS) is 25.0. The third-order valence-corrected chi connectivity index (χ3v) is 1.64. The summed E-state index contributed by atoms with van der Waals surface area (Å²) in [7, 11) is 0. The zero-order valence-electron chi connectivity index (χ0n) is 4.62. The molecule has 3 N–H and O–H groups in total. The lowest BCUT2D eigenvalue weighted by Crippen LogP contribution is -2.33. The van der Waals surface area contributed by atoms with Crippen molar-refractivity contribution in [3.8, 4) is 0 Å². The van der Waals surface area contributed by atoms with Gasteiger partial charge in [-0.3, -0.25) is 0 Å². The summed E-state index contributed by atoms with van der Waals surface area (Å²) in [6, 6.07) is 0. The Bertz CT molecular complexity index is 111. The molecule has 0 unspecified atom stereocenters. The van der Waals surface area contributed by atoms with Gasteiger partial charge in [0, 0.05) is 11.4 Å². The topological polar surface area (TPSA) is 36.1 Å². The molecule has 0 saturated carbocycles. The molecule has 0 saturated heterocycles. The zero-order valence-corrected chi connectivity index (χ0v) is 4.62. The van der Waals surface area contributed by atoms with Crippen LogP contribution in [0.25, 0.3) is 0 Å². The van der Waals surface area contributed by atoms with Crippen molar-refractivity contribution in [2.45, 2.75) is 19.3 Å². The van der Waals surface area contributed by atoms with E-state index in [1.54, 1.807) is 0 Å². The highest BCUT2D eigenvalue weighted by atomic mass is 15.6. The Kier molecular flexibility index (Phi) is 0.729. The van der Waals surface area contributed by atoms with E-state index in [1.165, 1.54) is 30.7 Å². The van der Waals surface area contributed by atoms with E-state index in [0.29, 0.717) is 0 Å². The molecule has 0 bridgehead atoms. The molecule has 0 atom stereocenters. The van der Waals surface area contributed by atoms with Crippen molar-refractivity contribution in [1.29, 1.82) is 0 Å². The van der Waals surface area contributed by atoms with E-state index in [9.17, 15) is 0 Å². The van der Waals surface area contributed by atoms with Crippen molar-refractivity contribution in [1.82, 2.24) is 16.4 Å². The predicted octanol–water partition coefficient (Wildman–Crippen LogP) is -0.00570. The van der Waals surface area contributed by atoms with Crippen LogP contribution in [0, 0.1) is 0 Å². The molecule has 0 fully saturated rings. The van der Waals surface area contributed by atoms with Crippen LogP contribution in [0.5, 0.6) is 0 Å². The van der Waals surface area contributed by atoms with Crippen molar-refractivity contribution in [2.75, 3.05) is 0 Å². The Balaban J connectivity index is 2.23. The zero-order chi connectivity index (χ0) is 5.40. The highest BCUT2D eigenvalue weighted by Crippen LogP contribution is 2.22. The fraction of sp³-hybridized carbons (Fsp3) is 0.600. The minimum absolute atomic E-state index is 1.20. The number of rotatable bonds is 0. The first kappa shape index (κ1) is 4.21. The molecule has 2 aliphatic rings. The fourth-order valence-electron chi connectivity index (χ4n) is 1.20. The van der Waals surface area contributed by atoms with E-state index < -0.39 is 0 Å². The third-order valence-electron chi connectivity index (χ3n) is 1.64. The van der Waals surface area contributed by atoms with Gasteiger partial charge >= 0.3 is 0 Å². The maximum atomic E-state index is 3.04. The van der Waals surface area contributed by atoms with Crippen molar-refractivity contribution in [2.24, 2.45) is 0 Å². The van der Waals surface area contributed by atoms with Crippen LogP contribution in [-0.2, 0) is 0 Å². The van der Waals surface area contributed by atoms with Crippen LogP contribution in [0.15, 0.2) is 11.4 Å². The van der Waals surface area contributed by atoms with Crippen molar-refractivity contribution in [3.63, 3.8) is 0 Å². The molecule has 0 aromatic heterocycles. The second kappa shape index (κ2) is 1.39. The Morgan fingerprint density at radius 3 is 2.25 bits per heavy atom. The molecule has 0 aromatic rings. The maximum Gasteiger partial charge on any atom is 0.0483 e. The van der Waals surface area contributed by atoms with E-state index in [2.05, 4.69) is 16.4 Å². The summed E-state index contributed by atoms with van der Waals surface area (Å²) in [5.41, 5.74) is 11.6. The summed E-state index contributed by atoms with van der Waals surface area (Å²) in [5.74, 6) is 0. The molecule has 1 aliphatic carbocycles. The molecule has 3 heteroatoms. The summed E-state index contributed by atoms with van der Waals surface area (Å²) in [6.45, 7) is 0. The second-order valence-corrected chi connectivity index (χ2v) is 2.19. The molecule has 44 valence electrons. The largest absolute Gasteiger partial charge is 0.306 e. The first-order valence-electron chi connectivity index (χ1n) is 2.96. The van der Waals surface area contributed by atoms with Crippen LogP contribution >= 0.6 is 0 Å². The first-order chi connectivity index (χ1) is 3.97. The van der Waals surface area contributed by atoms with Gasteiger partial charge in [-0.2, -0.15) is 5.53 Å². The van der Waals surface area contributed by atoms with E-state index >= 15 is 0 Å². The number of hydrazine groups is 2. The molecule has 1 aliphatic heterocycles. The van der Waals surface area contributed by atoms with Gasteiger partial charge in [-0.25, -0.2) is 0 Å². The highest BCUT2D eigenvalue weighted by molar-refractivity contribution is 5.17. The predicted molar refractivity (Wildman–Crippen MR) is 30.3 cm³/mol. The van der Waals surface area contributed by atoms with Crippen molar-refractivity contribution >= 4 is 0 Å².